The van der Waals surface area contributed by atoms with Gasteiger partial charge in [-0.15, -0.1) is 0 Å². The van der Waals surface area contributed by atoms with Crippen LogP contribution in [0, 0.1) is 0 Å². The molecule has 0 aliphatic heterocycles. The van der Waals surface area contributed by atoms with Crippen LogP contribution in [-0.2, 0) is 4.74 Å². The van der Waals surface area contributed by atoms with Gasteiger partial charge >= 0.3 is 11.9 Å². The molecule has 3 aromatic rings. The third kappa shape index (κ3) is 10.3. The van der Waals surface area contributed by atoms with Crippen LogP contribution in [-0.4, -0.2) is 34.1 Å². The summed E-state index contributed by atoms with van der Waals surface area (Å²) in [5, 5.41) is 0. The molecule has 0 radical (unpaired) electrons. The predicted octanol–water partition coefficient (Wildman–Crippen LogP) is 8.62. The predicted molar refractivity (Wildman–Crippen MR) is 161 cm³/mol. The summed E-state index contributed by atoms with van der Waals surface area (Å²) >= 11 is 0. The zero-order chi connectivity index (χ0) is 29.5. The highest BCUT2D eigenvalue weighted by molar-refractivity contribution is 5.91. The number of nitrogens with zero attached hydrogens (tertiary/aromatic N) is 2. The third-order valence-electron chi connectivity index (χ3n) is 6.87. The smallest absolute Gasteiger partial charge is 0.346 e. The van der Waals surface area contributed by atoms with Gasteiger partial charge in [0.1, 0.15) is 11.5 Å². The van der Waals surface area contributed by atoms with Crippen LogP contribution in [0.2, 0.25) is 0 Å². The number of unbranched alkanes of at least 4 members (excludes halogenated alkanes) is 4. The second-order valence-electron chi connectivity index (χ2n) is 10.4. The Hall–Kier alpha value is -3.74. The number of aromatic nitrogens is 2. The lowest BCUT2D eigenvalue weighted by molar-refractivity contribution is 0.0320. The highest BCUT2D eigenvalue weighted by atomic mass is 16.5. The van der Waals surface area contributed by atoms with Crippen LogP contribution in [0.25, 0.3) is 11.4 Å². The zero-order valence-corrected chi connectivity index (χ0v) is 24.9. The van der Waals surface area contributed by atoms with Crippen molar-refractivity contribution in [1.82, 2.24) is 9.97 Å². The Balaban J connectivity index is 1.62. The fraction of sp³-hybridized carbons (Fsp3) is 0.471. The number of benzene rings is 2. The third-order valence-corrected chi connectivity index (χ3v) is 6.87. The highest BCUT2D eigenvalue weighted by Crippen LogP contribution is 2.29. The Kier molecular flexibility index (Phi) is 13.3. The van der Waals surface area contributed by atoms with Crippen molar-refractivity contribution >= 4 is 11.9 Å². The lowest BCUT2D eigenvalue weighted by Crippen LogP contribution is -2.17. The Morgan fingerprint density at radius 1 is 0.732 bits per heavy atom. The van der Waals surface area contributed by atoms with Crippen LogP contribution in [0.5, 0.6) is 11.5 Å². The van der Waals surface area contributed by atoms with Crippen LogP contribution in [0.1, 0.15) is 113 Å². The van der Waals surface area contributed by atoms with E-state index in [4.69, 9.17) is 14.2 Å². The molecule has 7 nitrogen and oxygen atoms in total. The summed E-state index contributed by atoms with van der Waals surface area (Å²) in [4.78, 5) is 34.0. The van der Waals surface area contributed by atoms with Gasteiger partial charge in [-0.25, -0.2) is 19.6 Å². The molecule has 0 amide bonds. The van der Waals surface area contributed by atoms with Crippen molar-refractivity contribution in [3.63, 3.8) is 0 Å². The molecule has 1 heterocycles. The second-order valence-corrected chi connectivity index (χ2v) is 10.4. The largest absolute Gasteiger partial charge is 0.490 e. The van der Waals surface area contributed by atoms with E-state index in [2.05, 4.69) is 30.7 Å². The minimum Gasteiger partial charge on any atom is -0.490 e. The van der Waals surface area contributed by atoms with Gasteiger partial charge in [0.15, 0.2) is 5.82 Å². The molecule has 7 heteroatoms. The molecular formula is C34H44N2O5. The Labute approximate surface area is 244 Å². The summed E-state index contributed by atoms with van der Waals surface area (Å²) in [6.45, 7) is 8.38. The summed E-state index contributed by atoms with van der Waals surface area (Å²) in [7, 11) is 0. The van der Waals surface area contributed by atoms with Gasteiger partial charge in [0.25, 0.3) is 0 Å². The maximum Gasteiger partial charge on any atom is 0.346 e. The maximum atomic E-state index is 12.7. The van der Waals surface area contributed by atoms with Gasteiger partial charge in [-0.2, -0.15) is 0 Å². The fourth-order valence-corrected chi connectivity index (χ4v) is 4.52. The van der Waals surface area contributed by atoms with E-state index in [-0.39, 0.29) is 17.8 Å². The van der Waals surface area contributed by atoms with E-state index < -0.39 is 11.9 Å². The van der Waals surface area contributed by atoms with E-state index in [0.29, 0.717) is 17.1 Å². The van der Waals surface area contributed by atoms with E-state index in [1.54, 1.807) is 24.3 Å². The molecular weight excluding hydrogens is 516 g/mol. The maximum absolute atomic E-state index is 12.7. The molecule has 0 fully saturated rings. The van der Waals surface area contributed by atoms with E-state index in [9.17, 15) is 9.59 Å². The molecule has 2 aromatic carbocycles. The molecule has 0 aliphatic rings. The van der Waals surface area contributed by atoms with E-state index in [1.165, 1.54) is 31.7 Å². The highest BCUT2D eigenvalue weighted by Gasteiger charge is 2.17. The Morgan fingerprint density at radius 3 is 2.12 bits per heavy atom. The van der Waals surface area contributed by atoms with E-state index >= 15 is 0 Å². The molecule has 0 bridgehead atoms. The lowest BCUT2D eigenvalue weighted by Gasteiger charge is -2.20. The molecule has 220 valence electrons. The molecule has 1 unspecified atom stereocenters. The standard InChI is InChI=1S/C34H44N2O5/c1-5-8-10-11-16-28(14-7-3)40-31-18-13-12-17-30(31)32-35-23-27(24-36-32)34(38)41-29-21-19-26(20-22-29)33(37)39-25(4)15-9-6-2/h12-13,17-25,28H,5-11,14-16H2,1-4H3/t25?,28-/m1/s1. The van der Waals surface area contributed by atoms with Crippen LogP contribution in [0.15, 0.2) is 60.9 Å². The van der Waals surface area contributed by atoms with Crippen molar-refractivity contribution in [2.75, 3.05) is 0 Å². The normalized spacial score (nSPS) is 12.4. The fourth-order valence-electron chi connectivity index (χ4n) is 4.52. The number of hydrogen-bond donors (Lipinski definition) is 0. The van der Waals surface area contributed by atoms with Gasteiger partial charge in [-0.05, 0) is 69.0 Å². The monoisotopic (exact) mass is 560 g/mol. The molecule has 0 N–H and O–H groups in total. The van der Waals surface area contributed by atoms with Gasteiger partial charge in [-0.3, -0.25) is 0 Å². The number of ether oxygens (including phenoxy) is 3. The zero-order valence-electron chi connectivity index (χ0n) is 24.9. The summed E-state index contributed by atoms with van der Waals surface area (Å²) in [6.07, 6.45) is 13.7. The number of rotatable bonds is 17. The van der Waals surface area contributed by atoms with Crippen molar-refractivity contribution in [3.05, 3.63) is 72.1 Å². The number of carbonyl (C=O) groups excluding carboxylic acids is 2. The van der Waals surface area contributed by atoms with Gasteiger partial charge in [0.05, 0.1) is 28.9 Å². The van der Waals surface area contributed by atoms with Crippen molar-refractivity contribution in [2.45, 2.75) is 104 Å². The molecule has 3 rings (SSSR count). The lowest BCUT2D eigenvalue weighted by atomic mass is 10.1. The summed E-state index contributed by atoms with van der Waals surface area (Å²) < 4.78 is 17.4. The van der Waals surface area contributed by atoms with Crippen molar-refractivity contribution in [3.8, 4) is 22.9 Å². The number of para-hydroxylation sites is 1. The SMILES string of the molecule is CCCCCC[C@@H](CCC)Oc1ccccc1-c1ncc(C(=O)Oc2ccc(C(=O)OC(C)CCCC)cc2)cn1. The van der Waals surface area contributed by atoms with Crippen LogP contribution >= 0.6 is 0 Å². The van der Waals surface area contributed by atoms with Gasteiger partial charge < -0.3 is 14.2 Å². The second kappa shape index (κ2) is 17.2. The quantitative estimate of drug-likeness (QED) is 0.0927. The molecule has 0 saturated heterocycles. The summed E-state index contributed by atoms with van der Waals surface area (Å²) in [5.74, 6) is 0.566. The number of hydrogen-bond acceptors (Lipinski definition) is 7. The van der Waals surface area contributed by atoms with Crippen LogP contribution in [0.4, 0.5) is 0 Å². The van der Waals surface area contributed by atoms with Gasteiger partial charge in [-0.1, -0.05) is 71.4 Å². The number of carbonyl (C=O) groups is 2. The van der Waals surface area contributed by atoms with E-state index in [0.717, 1.165) is 56.3 Å². The van der Waals surface area contributed by atoms with Gasteiger partial charge in [0, 0.05) is 12.4 Å². The molecule has 41 heavy (non-hydrogen) atoms. The van der Waals surface area contributed by atoms with Crippen molar-refractivity contribution < 1.29 is 23.8 Å². The summed E-state index contributed by atoms with van der Waals surface area (Å²) in [6, 6.07) is 14.1. The first-order valence-corrected chi connectivity index (χ1v) is 15.1. The summed E-state index contributed by atoms with van der Waals surface area (Å²) in [5.41, 5.74) is 1.41. The van der Waals surface area contributed by atoms with Crippen LogP contribution in [0.3, 0.4) is 0 Å². The van der Waals surface area contributed by atoms with Gasteiger partial charge in [0.2, 0.25) is 0 Å². The molecule has 0 saturated carbocycles. The van der Waals surface area contributed by atoms with Crippen LogP contribution < -0.4 is 9.47 Å². The Bertz CT molecular complexity index is 1210. The molecule has 1 aromatic heterocycles. The minimum absolute atomic E-state index is 0.143. The van der Waals surface area contributed by atoms with Crippen molar-refractivity contribution in [2.24, 2.45) is 0 Å². The molecule has 2 atom stereocenters. The average molecular weight is 561 g/mol. The topological polar surface area (TPSA) is 87.6 Å². The molecule has 0 aliphatic carbocycles. The first-order chi connectivity index (χ1) is 19.9. The van der Waals surface area contributed by atoms with E-state index in [1.807, 2.05) is 31.2 Å². The molecule has 0 spiro atoms. The minimum atomic E-state index is -0.584. The average Bonchev–Trinajstić information content (AvgIpc) is 2.99. The number of esters is 2. The first kappa shape index (κ1) is 31.8. The van der Waals surface area contributed by atoms with Crippen molar-refractivity contribution in [1.29, 1.82) is 0 Å². The first-order valence-electron chi connectivity index (χ1n) is 15.1. The Morgan fingerprint density at radius 2 is 1.44 bits per heavy atom.